The van der Waals surface area contributed by atoms with Crippen LogP contribution in [0.25, 0.3) is 12.3 Å². The number of rotatable bonds is 1. The summed E-state index contributed by atoms with van der Waals surface area (Å²) in [6.45, 7) is 1.48. The minimum absolute atomic E-state index is 0.578. The zero-order valence-electron chi connectivity index (χ0n) is 6.22. The van der Waals surface area contributed by atoms with Crippen molar-refractivity contribution in [1.29, 1.82) is 0 Å². The molecule has 0 fully saturated rings. The Morgan fingerprint density at radius 3 is 3.18 bits per heavy atom. The molecule has 1 aromatic heterocycles. The molecule has 0 amide bonds. The first kappa shape index (κ1) is 6.49. The van der Waals surface area contributed by atoms with Crippen LogP contribution in [-0.4, -0.2) is 11.5 Å². The highest BCUT2D eigenvalue weighted by atomic mass is 14.8. The van der Waals surface area contributed by atoms with Crippen LogP contribution in [0.1, 0.15) is 5.69 Å². The lowest BCUT2D eigenvalue weighted by molar-refractivity contribution is 0.995. The van der Waals surface area contributed by atoms with Gasteiger partial charge in [0.2, 0.25) is 0 Å². The van der Waals surface area contributed by atoms with Gasteiger partial charge in [-0.15, -0.1) is 0 Å². The number of fused-ring (bicyclic) bond motifs is 1. The summed E-state index contributed by atoms with van der Waals surface area (Å²) >= 11 is 0. The van der Waals surface area contributed by atoms with E-state index < -0.39 is 0 Å². The van der Waals surface area contributed by atoms with Crippen LogP contribution in [0.4, 0.5) is 0 Å². The summed E-state index contributed by atoms with van der Waals surface area (Å²) in [6, 6.07) is 2.07. The van der Waals surface area contributed by atoms with Gasteiger partial charge in [-0.2, -0.15) is 0 Å². The number of nitrogens with two attached hydrogens (primary N) is 1. The Labute approximate surface area is 64.6 Å². The van der Waals surface area contributed by atoms with Gasteiger partial charge in [-0.25, -0.2) is 0 Å². The van der Waals surface area contributed by atoms with Crippen LogP contribution in [0.2, 0.25) is 0 Å². The molecular formula is C8H11N3. The van der Waals surface area contributed by atoms with Crippen LogP contribution in [0.15, 0.2) is 6.07 Å². The highest BCUT2D eigenvalue weighted by molar-refractivity contribution is 5.36. The highest BCUT2D eigenvalue weighted by Crippen LogP contribution is 1.83. The molecule has 0 spiro atoms. The Kier molecular flexibility index (Phi) is 1.43. The standard InChI is InChI=1S/C8H11N3/c9-4-7-3-6-5-10-2-1-8(6)11-7/h1,3,5,10-11H,2,4,9H2. The number of nitrogens with one attached hydrogen (secondary N) is 2. The van der Waals surface area contributed by atoms with Crippen molar-refractivity contribution in [3.63, 3.8) is 0 Å². The molecule has 2 rings (SSSR count). The Morgan fingerprint density at radius 1 is 1.55 bits per heavy atom. The fourth-order valence-corrected chi connectivity index (χ4v) is 1.27. The van der Waals surface area contributed by atoms with Crippen LogP contribution >= 0.6 is 0 Å². The third kappa shape index (κ3) is 1.03. The van der Waals surface area contributed by atoms with Crippen molar-refractivity contribution in [3.8, 4) is 0 Å². The third-order valence-corrected chi connectivity index (χ3v) is 1.84. The van der Waals surface area contributed by atoms with E-state index in [0.29, 0.717) is 6.54 Å². The van der Waals surface area contributed by atoms with E-state index in [4.69, 9.17) is 5.73 Å². The monoisotopic (exact) mass is 149 g/mol. The van der Waals surface area contributed by atoms with Gasteiger partial charge in [-0.3, -0.25) is 0 Å². The van der Waals surface area contributed by atoms with Crippen LogP contribution < -0.4 is 21.6 Å². The maximum Gasteiger partial charge on any atom is 0.0448 e. The van der Waals surface area contributed by atoms with Crippen LogP contribution in [0.3, 0.4) is 0 Å². The average molecular weight is 149 g/mol. The minimum atomic E-state index is 0.578. The number of aromatic nitrogens is 1. The smallest absolute Gasteiger partial charge is 0.0448 e. The first-order valence-corrected chi connectivity index (χ1v) is 3.72. The molecule has 0 unspecified atom stereocenters. The van der Waals surface area contributed by atoms with E-state index in [1.807, 2.05) is 6.20 Å². The fourth-order valence-electron chi connectivity index (χ4n) is 1.27. The molecule has 3 heteroatoms. The molecule has 0 aliphatic carbocycles. The van der Waals surface area contributed by atoms with Crippen molar-refractivity contribution < 1.29 is 0 Å². The third-order valence-electron chi connectivity index (χ3n) is 1.84. The number of hydrogen-bond acceptors (Lipinski definition) is 2. The molecule has 0 saturated carbocycles. The van der Waals surface area contributed by atoms with Crippen LogP contribution in [0.5, 0.6) is 0 Å². The highest BCUT2D eigenvalue weighted by Gasteiger charge is 1.96. The van der Waals surface area contributed by atoms with E-state index >= 15 is 0 Å². The van der Waals surface area contributed by atoms with Crippen molar-refractivity contribution in [2.75, 3.05) is 6.54 Å². The minimum Gasteiger partial charge on any atom is -0.387 e. The normalized spacial score (nSPS) is 14.3. The Hall–Kier alpha value is -1.22. The number of hydrogen-bond donors (Lipinski definition) is 3. The maximum atomic E-state index is 5.48. The molecule has 1 aliphatic heterocycles. The molecular weight excluding hydrogens is 138 g/mol. The van der Waals surface area contributed by atoms with E-state index in [-0.39, 0.29) is 0 Å². The summed E-state index contributed by atoms with van der Waals surface area (Å²) in [6.07, 6.45) is 4.12. The van der Waals surface area contributed by atoms with Crippen molar-refractivity contribution in [2.45, 2.75) is 6.54 Å². The predicted molar refractivity (Wildman–Crippen MR) is 44.9 cm³/mol. The van der Waals surface area contributed by atoms with Gasteiger partial charge in [0.1, 0.15) is 0 Å². The van der Waals surface area contributed by atoms with E-state index in [9.17, 15) is 0 Å². The summed E-state index contributed by atoms with van der Waals surface area (Å²) in [7, 11) is 0. The summed E-state index contributed by atoms with van der Waals surface area (Å²) < 4.78 is 0. The van der Waals surface area contributed by atoms with Gasteiger partial charge in [0.05, 0.1) is 0 Å². The quantitative estimate of drug-likeness (QED) is 0.460. The molecule has 11 heavy (non-hydrogen) atoms. The van der Waals surface area contributed by atoms with Gasteiger partial charge in [-0.1, -0.05) is 0 Å². The summed E-state index contributed by atoms with van der Waals surface area (Å²) in [5, 5.41) is 5.53. The van der Waals surface area contributed by atoms with E-state index in [1.165, 1.54) is 10.6 Å². The summed E-state index contributed by atoms with van der Waals surface area (Å²) in [5.74, 6) is 0. The molecule has 0 bridgehead atoms. The van der Waals surface area contributed by atoms with E-state index in [1.54, 1.807) is 0 Å². The lowest BCUT2D eigenvalue weighted by atomic mass is 10.3. The SMILES string of the molecule is NCc1cc2c([nH]1)=CCNC=2. The van der Waals surface area contributed by atoms with Gasteiger partial charge in [0.15, 0.2) is 0 Å². The number of aromatic amines is 1. The average Bonchev–Trinajstić information content (AvgIpc) is 2.46. The molecule has 1 aliphatic rings. The largest absolute Gasteiger partial charge is 0.387 e. The lowest BCUT2D eigenvalue weighted by Gasteiger charge is -1.96. The van der Waals surface area contributed by atoms with E-state index in [2.05, 4.69) is 22.4 Å². The Bertz CT molecular complexity index is 328. The zero-order chi connectivity index (χ0) is 7.68. The lowest BCUT2D eigenvalue weighted by Crippen LogP contribution is -2.31. The van der Waals surface area contributed by atoms with Gasteiger partial charge in [0.25, 0.3) is 0 Å². The van der Waals surface area contributed by atoms with Crippen molar-refractivity contribution in [3.05, 3.63) is 22.3 Å². The molecule has 3 nitrogen and oxygen atoms in total. The molecule has 0 aromatic carbocycles. The van der Waals surface area contributed by atoms with Crippen molar-refractivity contribution >= 4 is 12.3 Å². The second-order valence-electron chi connectivity index (χ2n) is 2.62. The van der Waals surface area contributed by atoms with Crippen LogP contribution in [0, 0.1) is 0 Å². The maximum absolute atomic E-state index is 5.48. The zero-order valence-corrected chi connectivity index (χ0v) is 6.22. The molecule has 1 aromatic rings. The second-order valence-corrected chi connectivity index (χ2v) is 2.62. The van der Waals surface area contributed by atoms with Crippen molar-refractivity contribution in [2.24, 2.45) is 5.73 Å². The molecule has 2 heterocycles. The molecule has 0 saturated heterocycles. The summed E-state index contributed by atoms with van der Waals surface area (Å²) in [4.78, 5) is 3.23. The number of H-pyrrole nitrogens is 1. The molecule has 0 atom stereocenters. The Balaban J connectivity index is 2.66. The second kappa shape index (κ2) is 2.43. The molecule has 4 N–H and O–H groups in total. The summed E-state index contributed by atoms with van der Waals surface area (Å²) in [5.41, 5.74) is 6.57. The predicted octanol–water partition coefficient (Wildman–Crippen LogP) is -1.40. The van der Waals surface area contributed by atoms with Crippen molar-refractivity contribution in [1.82, 2.24) is 10.3 Å². The van der Waals surface area contributed by atoms with Gasteiger partial charge in [0, 0.05) is 35.6 Å². The first-order chi connectivity index (χ1) is 5.40. The molecule has 58 valence electrons. The topological polar surface area (TPSA) is 53.8 Å². The Morgan fingerprint density at radius 2 is 2.45 bits per heavy atom. The van der Waals surface area contributed by atoms with Gasteiger partial charge < -0.3 is 16.0 Å². The fraction of sp³-hybridized carbons (Fsp3) is 0.250. The van der Waals surface area contributed by atoms with Gasteiger partial charge in [-0.05, 0) is 12.1 Å². The molecule has 0 radical (unpaired) electrons. The van der Waals surface area contributed by atoms with E-state index in [0.717, 1.165) is 12.2 Å². The van der Waals surface area contributed by atoms with Gasteiger partial charge >= 0.3 is 0 Å². The van der Waals surface area contributed by atoms with Crippen LogP contribution in [-0.2, 0) is 6.54 Å². The first-order valence-electron chi connectivity index (χ1n) is 3.72.